The Balaban J connectivity index is 2.40. The molecule has 0 spiro atoms. The summed E-state index contributed by atoms with van der Waals surface area (Å²) in [5.74, 6) is -2.20. The van der Waals surface area contributed by atoms with Gasteiger partial charge in [0.2, 0.25) is 0 Å². The molecule has 92 valence electrons. The monoisotopic (exact) mass is 303 g/mol. The third kappa shape index (κ3) is 2.20. The second kappa shape index (κ2) is 4.72. The van der Waals surface area contributed by atoms with Gasteiger partial charge in [0, 0.05) is 12.6 Å². The van der Waals surface area contributed by atoms with E-state index >= 15 is 0 Å². The minimum atomic E-state index is -0.825. The normalized spacial score (nSPS) is 19.8. The van der Waals surface area contributed by atoms with Crippen LogP contribution in [0.2, 0.25) is 0 Å². The van der Waals surface area contributed by atoms with Crippen LogP contribution in [0.3, 0.4) is 0 Å². The van der Waals surface area contributed by atoms with Gasteiger partial charge in [-0.15, -0.1) is 0 Å². The van der Waals surface area contributed by atoms with E-state index < -0.39 is 23.1 Å². The van der Waals surface area contributed by atoms with Gasteiger partial charge in [0.1, 0.15) is 11.4 Å². The molecular formula is C12H12BrF2NO. The van der Waals surface area contributed by atoms with Gasteiger partial charge in [-0.3, -0.25) is 4.79 Å². The summed E-state index contributed by atoms with van der Waals surface area (Å²) in [6, 6.07) is 2.40. The van der Waals surface area contributed by atoms with Crippen LogP contribution < -0.4 is 0 Å². The molecule has 1 aliphatic rings. The molecule has 5 heteroatoms. The zero-order valence-corrected chi connectivity index (χ0v) is 10.9. The smallest absolute Gasteiger partial charge is 0.260 e. The fourth-order valence-corrected chi connectivity index (χ4v) is 2.43. The van der Waals surface area contributed by atoms with Crippen molar-refractivity contribution in [2.75, 3.05) is 6.54 Å². The number of halogens is 3. The topological polar surface area (TPSA) is 20.3 Å². The Morgan fingerprint density at radius 2 is 2.18 bits per heavy atom. The minimum absolute atomic E-state index is 0.0419. The summed E-state index contributed by atoms with van der Waals surface area (Å²) in [7, 11) is 0. The van der Waals surface area contributed by atoms with Crippen molar-refractivity contribution in [2.45, 2.75) is 25.8 Å². The van der Waals surface area contributed by atoms with Crippen molar-refractivity contribution in [3.05, 3.63) is 33.8 Å². The van der Waals surface area contributed by atoms with E-state index in [1.54, 1.807) is 0 Å². The Morgan fingerprint density at radius 1 is 1.47 bits per heavy atom. The highest BCUT2D eigenvalue weighted by Gasteiger charge is 2.30. The number of nitrogens with zero attached hydrogens (tertiary/aromatic N) is 1. The van der Waals surface area contributed by atoms with Gasteiger partial charge in [-0.25, -0.2) is 8.78 Å². The number of rotatable bonds is 1. The first-order chi connectivity index (χ1) is 8.02. The van der Waals surface area contributed by atoms with Gasteiger partial charge < -0.3 is 4.90 Å². The number of amides is 1. The lowest BCUT2D eigenvalue weighted by Crippen LogP contribution is -2.34. The molecule has 1 amide bonds. The van der Waals surface area contributed by atoms with E-state index in [1.807, 2.05) is 6.92 Å². The van der Waals surface area contributed by atoms with Gasteiger partial charge in [0.05, 0.1) is 4.47 Å². The Labute approximate surface area is 107 Å². The zero-order chi connectivity index (χ0) is 12.6. The molecule has 0 aliphatic carbocycles. The van der Waals surface area contributed by atoms with Crippen LogP contribution in [0, 0.1) is 11.6 Å². The highest BCUT2D eigenvalue weighted by atomic mass is 79.9. The molecule has 0 N–H and O–H groups in total. The quantitative estimate of drug-likeness (QED) is 0.729. The van der Waals surface area contributed by atoms with Crippen LogP contribution in [-0.2, 0) is 0 Å². The van der Waals surface area contributed by atoms with E-state index in [0.717, 1.165) is 18.9 Å². The van der Waals surface area contributed by atoms with E-state index in [4.69, 9.17) is 0 Å². The third-order valence-electron chi connectivity index (χ3n) is 3.07. The van der Waals surface area contributed by atoms with Crippen molar-refractivity contribution >= 4 is 21.8 Å². The van der Waals surface area contributed by atoms with Crippen LogP contribution in [0.5, 0.6) is 0 Å². The van der Waals surface area contributed by atoms with E-state index in [1.165, 1.54) is 11.0 Å². The van der Waals surface area contributed by atoms with Crippen LogP contribution in [0.15, 0.2) is 16.6 Å². The summed E-state index contributed by atoms with van der Waals surface area (Å²) in [5, 5.41) is 0. The van der Waals surface area contributed by atoms with Crippen molar-refractivity contribution < 1.29 is 13.6 Å². The number of likely N-dealkylation sites (tertiary alicyclic amines) is 1. The molecule has 0 bridgehead atoms. The fourth-order valence-electron chi connectivity index (χ4n) is 2.10. The Hall–Kier alpha value is -0.970. The van der Waals surface area contributed by atoms with Crippen LogP contribution in [0.25, 0.3) is 0 Å². The molecule has 1 fully saturated rings. The van der Waals surface area contributed by atoms with Gasteiger partial charge in [0.25, 0.3) is 5.91 Å². The molecule has 1 saturated heterocycles. The van der Waals surface area contributed by atoms with Crippen molar-refractivity contribution in [3.8, 4) is 0 Å². The lowest BCUT2D eigenvalue weighted by Gasteiger charge is -2.22. The largest absolute Gasteiger partial charge is 0.336 e. The van der Waals surface area contributed by atoms with Gasteiger partial charge in [0.15, 0.2) is 5.82 Å². The second-order valence-corrected chi connectivity index (χ2v) is 5.06. The molecule has 1 aromatic rings. The minimum Gasteiger partial charge on any atom is -0.336 e. The van der Waals surface area contributed by atoms with E-state index in [0.29, 0.717) is 6.54 Å². The van der Waals surface area contributed by atoms with Gasteiger partial charge >= 0.3 is 0 Å². The molecule has 17 heavy (non-hydrogen) atoms. The lowest BCUT2D eigenvalue weighted by atomic mass is 10.1. The van der Waals surface area contributed by atoms with Crippen molar-refractivity contribution in [3.63, 3.8) is 0 Å². The van der Waals surface area contributed by atoms with Crippen LogP contribution >= 0.6 is 15.9 Å². The number of carbonyl (C=O) groups is 1. The van der Waals surface area contributed by atoms with Crippen LogP contribution in [0.4, 0.5) is 8.78 Å². The Morgan fingerprint density at radius 3 is 2.76 bits per heavy atom. The molecule has 0 saturated carbocycles. The first-order valence-electron chi connectivity index (χ1n) is 5.47. The summed E-state index contributed by atoms with van der Waals surface area (Å²) in [6.07, 6.45) is 1.76. The molecule has 1 atom stereocenters. The van der Waals surface area contributed by atoms with Crippen LogP contribution in [0.1, 0.15) is 30.1 Å². The van der Waals surface area contributed by atoms with Gasteiger partial charge in [-0.05, 0) is 47.8 Å². The van der Waals surface area contributed by atoms with Crippen molar-refractivity contribution in [1.82, 2.24) is 4.90 Å². The standard InChI is InChI=1S/C12H12BrF2NO/c1-7-3-2-6-16(7)12(17)10-9(14)5-4-8(13)11(10)15/h4-5,7H,2-3,6H2,1H3/t7-/m0/s1. The summed E-state index contributed by atoms with van der Waals surface area (Å²) in [4.78, 5) is 13.6. The summed E-state index contributed by atoms with van der Waals surface area (Å²) < 4.78 is 27.4. The Kier molecular flexibility index (Phi) is 3.47. The zero-order valence-electron chi connectivity index (χ0n) is 9.34. The predicted molar refractivity (Wildman–Crippen MR) is 63.8 cm³/mol. The van der Waals surface area contributed by atoms with E-state index in [-0.39, 0.29) is 10.5 Å². The molecule has 1 heterocycles. The predicted octanol–water partition coefficient (Wildman–Crippen LogP) is 3.35. The summed E-state index contributed by atoms with van der Waals surface area (Å²) >= 11 is 2.96. The maximum atomic E-state index is 13.8. The molecule has 1 aromatic carbocycles. The average molecular weight is 304 g/mol. The van der Waals surface area contributed by atoms with Crippen molar-refractivity contribution in [1.29, 1.82) is 0 Å². The second-order valence-electron chi connectivity index (χ2n) is 4.21. The molecule has 2 rings (SSSR count). The van der Waals surface area contributed by atoms with Crippen molar-refractivity contribution in [2.24, 2.45) is 0 Å². The van der Waals surface area contributed by atoms with Gasteiger partial charge in [-0.1, -0.05) is 0 Å². The first kappa shape index (κ1) is 12.5. The summed E-state index contributed by atoms with van der Waals surface area (Å²) in [5.41, 5.74) is -0.465. The van der Waals surface area contributed by atoms with Gasteiger partial charge in [-0.2, -0.15) is 0 Å². The molecule has 0 radical (unpaired) electrons. The average Bonchev–Trinajstić information content (AvgIpc) is 2.70. The molecule has 1 aliphatic heterocycles. The third-order valence-corrected chi connectivity index (χ3v) is 3.68. The number of benzene rings is 1. The number of hydrogen-bond donors (Lipinski definition) is 0. The van der Waals surface area contributed by atoms with E-state index in [9.17, 15) is 13.6 Å². The fraction of sp³-hybridized carbons (Fsp3) is 0.417. The van der Waals surface area contributed by atoms with E-state index in [2.05, 4.69) is 15.9 Å². The highest BCUT2D eigenvalue weighted by Crippen LogP contribution is 2.26. The first-order valence-corrected chi connectivity index (χ1v) is 6.26. The summed E-state index contributed by atoms with van der Waals surface area (Å²) in [6.45, 7) is 2.45. The lowest BCUT2D eigenvalue weighted by molar-refractivity contribution is 0.0737. The number of hydrogen-bond acceptors (Lipinski definition) is 1. The SMILES string of the molecule is C[C@H]1CCCN1C(=O)c1c(F)ccc(Br)c1F. The highest BCUT2D eigenvalue weighted by molar-refractivity contribution is 9.10. The Bertz CT molecular complexity index is 464. The molecule has 2 nitrogen and oxygen atoms in total. The molecule has 0 aromatic heterocycles. The maximum Gasteiger partial charge on any atom is 0.260 e. The number of carbonyl (C=O) groups excluding carboxylic acids is 1. The molecular weight excluding hydrogens is 292 g/mol. The molecule has 0 unspecified atom stereocenters. The maximum absolute atomic E-state index is 13.8. The van der Waals surface area contributed by atoms with Crippen LogP contribution in [-0.4, -0.2) is 23.4 Å².